The zero-order chi connectivity index (χ0) is 15.3. The highest BCUT2D eigenvalue weighted by Gasteiger charge is 2.50. The molecule has 5 rings (SSSR count). The molecule has 0 unspecified atom stereocenters. The van der Waals surface area contributed by atoms with Crippen molar-refractivity contribution in [3.63, 3.8) is 0 Å². The molecule has 2 nitrogen and oxygen atoms in total. The van der Waals surface area contributed by atoms with E-state index in [2.05, 4.69) is 5.32 Å². The lowest BCUT2D eigenvalue weighted by molar-refractivity contribution is -0.0503. The van der Waals surface area contributed by atoms with Crippen LogP contribution >= 0.6 is 11.6 Å². The quantitative estimate of drug-likeness (QED) is 0.877. The van der Waals surface area contributed by atoms with E-state index in [0.29, 0.717) is 6.54 Å². The van der Waals surface area contributed by atoms with E-state index in [1.54, 1.807) is 6.07 Å². The predicted octanol–water partition coefficient (Wildman–Crippen LogP) is 4.43. The monoisotopic (exact) mass is 321 g/mol. The van der Waals surface area contributed by atoms with Gasteiger partial charge >= 0.3 is 0 Å². The highest BCUT2D eigenvalue weighted by molar-refractivity contribution is 6.33. The van der Waals surface area contributed by atoms with Gasteiger partial charge in [0.25, 0.3) is 5.91 Å². The van der Waals surface area contributed by atoms with Gasteiger partial charge in [0.05, 0.1) is 10.6 Å². The molecule has 0 saturated heterocycles. The fraction of sp³-hybridized carbons (Fsp3) is 0.611. The number of halogens is 2. The minimum absolute atomic E-state index is 0.0195. The lowest BCUT2D eigenvalue weighted by Gasteiger charge is -2.56. The number of nitrogens with one attached hydrogen (secondary N) is 1. The largest absolute Gasteiger partial charge is 0.351 e. The molecule has 0 spiro atoms. The van der Waals surface area contributed by atoms with Crippen LogP contribution in [0.3, 0.4) is 0 Å². The van der Waals surface area contributed by atoms with Crippen LogP contribution in [-0.4, -0.2) is 12.5 Å². The fourth-order valence-corrected chi connectivity index (χ4v) is 5.83. The second kappa shape index (κ2) is 5.23. The number of benzene rings is 1. The molecular weight excluding hydrogens is 301 g/mol. The number of carbonyl (C=O) groups excluding carboxylic acids is 1. The zero-order valence-corrected chi connectivity index (χ0v) is 13.3. The highest BCUT2D eigenvalue weighted by atomic mass is 35.5. The second-order valence-corrected chi connectivity index (χ2v) is 8.10. The minimum Gasteiger partial charge on any atom is -0.351 e. The maximum atomic E-state index is 13.8. The van der Waals surface area contributed by atoms with Crippen molar-refractivity contribution in [1.29, 1.82) is 0 Å². The van der Waals surface area contributed by atoms with Gasteiger partial charge in [-0.15, -0.1) is 0 Å². The number of amides is 1. The molecule has 0 atom stereocenters. The summed E-state index contributed by atoms with van der Waals surface area (Å²) in [5.74, 6) is 1.62. The predicted molar refractivity (Wildman–Crippen MR) is 84.3 cm³/mol. The molecule has 1 aromatic rings. The maximum Gasteiger partial charge on any atom is 0.255 e. The Kier molecular flexibility index (Phi) is 3.44. The van der Waals surface area contributed by atoms with Crippen LogP contribution in [0.4, 0.5) is 4.39 Å². The van der Waals surface area contributed by atoms with Crippen molar-refractivity contribution >= 4 is 17.5 Å². The Labute approximate surface area is 135 Å². The summed E-state index contributed by atoms with van der Waals surface area (Å²) in [7, 11) is 0. The third-order valence-electron chi connectivity index (χ3n) is 5.98. The van der Waals surface area contributed by atoms with Gasteiger partial charge in [-0.3, -0.25) is 4.79 Å². The van der Waals surface area contributed by atoms with E-state index < -0.39 is 5.82 Å². The Morgan fingerprint density at radius 3 is 2.32 bits per heavy atom. The first-order chi connectivity index (χ1) is 10.5. The van der Waals surface area contributed by atoms with E-state index in [4.69, 9.17) is 11.6 Å². The van der Waals surface area contributed by atoms with Crippen molar-refractivity contribution in [2.45, 2.75) is 38.5 Å². The van der Waals surface area contributed by atoms with Crippen LogP contribution in [0.15, 0.2) is 18.2 Å². The van der Waals surface area contributed by atoms with Crippen LogP contribution in [-0.2, 0) is 0 Å². The number of hydrogen-bond donors (Lipinski definition) is 1. The molecule has 0 radical (unpaired) electrons. The number of rotatable bonds is 3. The molecule has 118 valence electrons. The van der Waals surface area contributed by atoms with Crippen molar-refractivity contribution < 1.29 is 9.18 Å². The molecule has 4 saturated carbocycles. The average molecular weight is 322 g/mol. The number of hydrogen-bond acceptors (Lipinski definition) is 1. The molecule has 4 aliphatic rings. The molecule has 22 heavy (non-hydrogen) atoms. The van der Waals surface area contributed by atoms with Gasteiger partial charge in [0.2, 0.25) is 0 Å². The Morgan fingerprint density at radius 1 is 1.18 bits per heavy atom. The Bertz CT molecular complexity index is 560. The average Bonchev–Trinajstić information content (AvgIpc) is 2.43. The molecule has 1 N–H and O–H groups in total. The standard InChI is InChI=1S/C18H21ClFNO/c19-14-2-1-3-15(20)16(14)17(22)21-10-18-7-11-4-12(8-18)6-13(5-11)9-18/h1-3,11-13H,4-10H2,(H,21,22). The van der Waals surface area contributed by atoms with Gasteiger partial charge in [0.15, 0.2) is 0 Å². The van der Waals surface area contributed by atoms with Gasteiger partial charge in [0, 0.05) is 6.54 Å². The van der Waals surface area contributed by atoms with Crippen molar-refractivity contribution in [2.24, 2.45) is 23.2 Å². The fourth-order valence-electron chi connectivity index (χ4n) is 5.58. The smallest absolute Gasteiger partial charge is 0.255 e. The molecule has 4 fully saturated rings. The van der Waals surface area contributed by atoms with Crippen molar-refractivity contribution in [1.82, 2.24) is 5.32 Å². The van der Waals surface area contributed by atoms with Crippen molar-refractivity contribution in [3.8, 4) is 0 Å². The topological polar surface area (TPSA) is 29.1 Å². The molecule has 4 aliphatic carbocycles. The van der Waals surface area contributed by atoms with Crippen LogP contribution in [0, 0.1) is 29.0 Å². The SMILES string of the molecule is O=C(NCC12CC3CC(CC(C3)C1)C2)c1c(F)cccc1Cl. The van der Waals surface area contributed by atoms with E-state index in [1.807, 2.05) is 0 Å². The van der Waals surface area contributed by atoms with Gasteiger partial charge in [-0.2, -0.15) is 0 Å². The molecule has 0 heterocycles. The van der Waals surface area contributed by atoms with Gasteiger partial charge in [0.1, 0.15) is 5.82 Å². The first kappa shape index (κ1) is 14.5. The van der Waals surface area contributed by atoms with E-state index in [-0.39, 0.29) is 21.9 Å². The zero-order valence-electron chi connectivity index (χ0n) is 12.6. The molecule has 1 amide bonds. The molecule has 0 aromatic heterocycles. The third kappa shape index (κ3) is 2.44. The minimum atomic E-state index is -0.546. The van der Waals surface area contributed by atoms with Crippen LogP contribution in [0.1, 0.15) is 48.9 Å². The first-order valence-electron chi connectivity index (χ1n) is 8.27. The first-order valence-corrected chi connectivity index (χ1v) is 8.65. The summed E-state index contributed by atoms with van der Waals surface area (Å²) in [4.78, 5) is 12.3. The second-order valence-electron chi connectivity index (χ2n) is 7.70. The van der Waals surface area contributed by atoms with E-state index in [9.17, 15) is 9.18 Å². The van der Waals surface area contributed by atoms with E-state index in [0.717, 1.165) is 17.8 Å². The highest BCUT2D eigenvalue weighted by Crippen LogP contribution is 2.59. The Balaban J connectivity index is 1.48. The molecule has 4 heteroatoms. The van der Waals surface area contributed by atoms with Crippen LogP contribution < -0.4 is 5.32 Å². The summed E-state index contributed by atoms with van der Waals surface area (Å²) in [5.41, 5.74) is 0.233. The number of carbonyl (C=O) groups is 1. The summed E-state index contributed by atoms with van der Waals surface area (Å²) in [5, 5.41) is 3.16. The maximum absolute atomic E-state index is 13.8. The van der Waals surface area contributed by atoms with E-state index in [1.165, 1.54) is 50.7 Å². The van der Waals surface area contributed by atoms with Crippen LogP contribution in [0.5, 0.6) is 0 Å². The van der Waals surface area contributed by atoms with Crippen molar-refractivity contribution in [3.05, 3.63) is 34.6 Å². The summed E-state index contributed by atoms with van der Waals surface area (Å²) >= 11 is 5.98. The van der Waals surface area contributed by atoms with Crippen molar-refractivity contribution in [2.75, 3.05) is 6.54 Å². The van der Waals surface area contributed by atoms with Gasteiger partial charge in [-0.1, -0.05) is 17.7 Å². The molecule has 1 aromatic carbocycles. The summed E-state index contributed by atoms with van der Waals surface area (Å²) in [6, 6.07) is 4.36. The molecular formula is C18H21ClFNO. The van der Waals surface area contributed by atoms with Gasteiger partial charge < -0.3 is 5.32 Å². The Hall–Kier alpha value is -1.09. The lowest BCUT2D eigenvalue weighted by Crippen LogP contribution is -2.51. The normalized spacial score (nSPS) is 35.6. The van der Waals surface area contributed by atoms with Crippen LogP contribution in [0.2, 0.25) is 5.02 Å². The lowest BCUT2D eigenvalue weighted by atomic mass is 9.49. The van der Waals surface area contributed by atoms with E-state index >= 15 is 0 Å². The summed E-state index contributed by atoms with van der Waals surface area (Å²) < 4.78 is 13.8. The molecule has 0 aliphatic heterocycles. The third-order valence-corrected chi connectivity index (χ3v) is 6.29. The molecule has 4 bridgehead atoms. The Morgan fingerprint density at radius 2 is 1.77 bits per heavy atom. The van der Waals surface area contributed by atoms with Crippen LogP contribution in [0.25, 0.3) is 0 Å². The van der Waals surface area contributed by atoms with Gasteiger partial charge in [-0.05, 0) is 73.8 Å². The summed E-state index contributed by atoms with van der Waals surface area (Å²) in [6.07, 6.45) is 7.82. The summed E-state index contributed by atoms with van der Waals surface area (Å²) in [6.45, 7) is 0.667. The van der Waals surface area contributed by atoms with Gasteiger partial charge in [-0.25, -0.2) is 4.39 Å².